The lowest BCUT2D eigenvalue weighted by Crippen LogP contribution is -2.17. The van der Waals surface area contributed by atoms with Gasteiger partial charge in [0.05, 0.1) is 0 Å². The van der Waals surface area contributed by atoms with E-state index in [1.165, 1.54) is 23.3 Å². The summed E-state index contributed by atoms with van der Waals surface area (Å²) in [6.07, 6.45) is 3.54. The van der Waals surface area contributed by atoms with Crippen molar-refractivity contribution >= 4 is 17.1 Å². The maximum atomic E-state index is 5.31. The van der Waals surface area contributed by atoms with Crippen LogP contribution in [0.4, 0.5) is 0 Å². The van der Waals surface area contributed by atoms with Crippen molar-refractivity contribution in [3.8, 4) is 0 Å². The fraction of sp³-hybridized carbons (Fsp3) is 0.727. The second-order valence-electron chi connectivity index (χ2n) is 4.80. The van der Waals surface area contributed by atoms with Crippen LogP contribution in [0.3, 0.4) is 0 Å². The van der Waals surface area contributed by atoms with Gasteiger partial charge in [-0.2, -0.15) is 0 Å². The Morgan fingerprint density at radius 1 is 1.50 bits per heavy atom. The molecule has 0 amide bonds. The van der Waals surface area contributed by atoms with Gasteiger partial charge in [0, 0.05) is 0 Å². The van der Waals surface area contributed by atoms with Gasteiger partial charge in [-0.05, 0) is 41.4 Å². The van der Waals surface area contributed by atoms with Gasteiger partial charge in [0.2, 0.25) is 0 Å². The fourth-order valence-corrected chi connectivity index (χ4v) is 3.59. The fourth-order valence-electron chi connectivity index (χ4n) is 3.08. The Labute approximate surface area is 80.0 Å². The van der Waals surface area contributed by atoms with Gasteiger partial charge in [0.25, 0.3) is 0 Å². The highest BCUT2D eigenvalue weighted by molar-refractivity contribution is 7.80. The molecule has 0 bridgehead atoms. The highest BCUT2D eigenvalue weighted by Gasteiger charge is 2.49. The van der Waals surface area contributed by atoms with Crippen LogP contribution in [0.5, 0.6) is 0 Å². The Balaban J connectivity index is 2.31. The minimum atomic E-state index is 0.480. The van der Waals surface area contributed by atoms with E-state index in [1.807, 2.05) is 0 Å². The zero-order valence-electron chi connectivity index (χ0n) is 7.89. The van der Waals surface area contributed by atoms with Gasteiger partial charge in [-0.1, -0.05) is 38.2 Å². The molecule has 0 aromatic heterocycles. The highest BCUT2D eigenvalue weighted by atomic mass is 32.1. The molecule has 0 aromatic carbocycles. The number of allylic oxidation sites excluding steroid dienone is 1. The highest BCUT2D eigenvalue weighted by Crippen LogP contribution is 2.57. The average Bonchev–Trinajstić information content (AvgIpc) is 2.31. The van der Waals surface area contributed by atoms with Gasteiger partial charge in [0.15, 0.2) is 0 Å². The van der Waals surface area contributed by atoms with Gasteiger partial charge in [-0.25, -0.2) is 0 Å². The number of fused-ring (bicyclic) bond motifs is 1. The van der Waals surface area contributed by atoms with Crippen LogP contribution in [0.15, 0.2) is 12.2 Å². The summed E-state index contributed by atoms with van der Waals surface area (Å²) in [5.74, 6) is 1.51. The largest absolute Gasteiger partial charge is 0.0996 e. The first-order valence-electron chi connectivity index (χ1n) is 4.72. The zero-order valence-corrected chi connectivity index (χ0v) is 8.71. The van der Waals surface area contributed by atoms with Gasteiger partial charge in [-0.15, -0.1) is 0 Å². The second kappa shape index (κ2) is 2.41. The van der Waals surface area contributed by atoms with Gasteiger partial charge >= 0.3 is 0 Å². The first-order chi connectivity index (χ1) is 5.53. The Kier molecular flexibility index (Phi) is 1.69. The monoisotopic (exact) mass is 180 g/mol. The van der Waals surface area contributed by atoms with Crippen molar-refractivity contribution in [3.05, 3.63) is 12.2 Å². The van der Waals surface area contributed by atoms with Gasteiger partial charge in [0.1, 0.15) is 0 Å². The van der Waals surface area contributed by atoms with Crippen molar-refractivity contribution in [2.45, 2.75) is 33.1 Å². The summed E-state index contributed by atoms with van der Waals surface area (Å²) in [6, 6.07) is 0. The molecule has 2 aliphatic carbocycles. The molecule has 0 heterocycles. The van der Waals surface area contributed by atoms with Crippen molar-refractivity contribution < 1.29 is 0 Å². The predicted molar refractivity (Wildman–Crippen MR) is 56.4 cm³/mol. The summed E-state index contributed by atoms with van der Waals surface area (Å²) in [4.78, 5) is 1.29. The van der Waals surface area contributed by atoms with Crippen LogP contribution >= 0.6 is 12.2 Å². The molecule has 0 spiro atoms. The summed E-state index contributed by atoms with van der Waals surface area (Å²) in [5, 5.41) is 0. The van der Waals surface area contributed by atoms with Gasteiger partial charge < -0.3 is 0 Å². The Hall–Kier alpha value is -0.170. The maximum absolute atomic E-state index is 5.31. The molecule has 3 atom stereocenters. The van der Waals surface area contributed by atoms with E-state index in [1.54, 1.807) is 0 Å². The Morgan fingerprint density at radius 2 is 2.17 bits per heavy atom. The molecule has 66 valence electrons. The lowest BCUT2D eigenvalue weighted by molar-refractivity contribution is 0.248. The van der Waals surface area contributed by atoms with Crippen molar-refractivity contribution in [2.24, 2.45) is 17.3 Å². The first kappa shape index (κ1) is 8.43. The second-order valence-corrected chi connectivity index (χ2v) is 5.38. The molecule has 0 aliphatic heterocycles. The molecule has 2 aliphatic rings. The van der Waals surface area contributed by atoms with E-state index in [0.29, 0.717) is 11.3 Å². The normalized spacial score (nSPS) is 46.8. The molecule has 1 heteroatoms. The van der Waals surface area contributed by atoms with E-state index in [-0.39, 0.29) is 0 Å². The molecule has 3 unspecified atom stereocenters. The minimum absolute atomic E-state index is 0.480. The summed E-state index contributed by atoms with van der Waals surface area (Å²) in [5.41, 5.74) is 1.93. The average molecular weight is 180 g/mol. The molecule has 0 nitrogen and oxygen atoms in total. The topological polar surface area (TPSA) is 0 Å². The summed E-state index contributed by atoms with van der Waals surface area (Å²) in [7, 11) is 0. The molecule has 2 saturated carbocycles. The maximum Gasteiger partial charge on any atom is -0.00627 e. The first-order valence-corrected chi connectivity index (χ1v) is 5.13. The van der Waals surface area contributed by atoms with E-state index in [9.17, 15) is 0 Å². The quantitative estimate of drug-likeness (QED) is 0.407. The molecular formula is C11H16S. The third-order valence-electron chi connectivity index (χ3n) is 3.82. The third-order valence-corrected chi connectivity index (χ3v) is 4.13. The molecular weight excluding hydrogens is 164 g/mol. The lowest BCUT2D eigenvalue weighted by Gasteiger charge is -2.23. The van der Waals surface area contributed by atoms with Crippen LogP contribution in [-0.2, 0) is 0 Å². The molecule has 2 fully saturated rings. The minimum Gasteiger partial charge on any atom is -0.0996 e. The predicted octanol–water partition coefficient (Wildman–Crippen LogP) is 3.37. The Bertz CT molecular complexity index is 254. The van der Waals surface area contributed by atoms with Crippen molar-refractivity contribution in [3.63, 3.8) is 0 Å². The van der Waals surface area contributed by atoms with Crippen LogP contribution in [0.25, 0.3) is 0 Å². The van der Waals surface area contributed by atoms with Crippen molar-refractivity contribution in [1.82, 2.24) is 0 Å². The zero-order chi connectivity index (χ0) is 8.93. The van der Waals surface area contributed by atoms with E-state index in [2.05, 4.69) is 20.4 Å². The van der Waals surface area contributed by atoms with Crippen LogP contribution < -0.4 is 0 Å². The summed E-state index contributed by atoms with van der Waals surface area (Å²) >= 11 is 5.31. The summed E-state index contributed by atoms with van der Waals surface area (Å²) in [6.45, 7) is 8.84. The standard InChI is InChI=1S/C11H16S/c1-7-5-11(3)6-9(12)4-10(11)8(7)2/h8,10H,1,4-6H2,2-3H3. The third kappa shape index (κ3) is 0.990. The number of thiocarbonyl (C=S) groups is 1. The van der Waals surface area contributed by atoms with Crippen LogP contribution in [0.1, 0.15) is 33.1 Å². The van der Waals surface area contributed by atoms with Gasteiger partial charge in [-0.3, -0.25) is 0 Å². The van der Waals surface area contributed by atoms with E-state index in [0.717, 1.165) is 12.3 Å². The molecule has 0 saturated heterocycles. The lowest BCUT2D eigenvalue weighted by atomic mass is 9.80. The molecule has 2 rings (SSSR count). The number of rotatable bonds is 0. The van der Waals surface area contributed by atoms with Crippen LogP contribution in [0.2, 0.25) is 0 Å². The smallest absolute Gasteiger partial charge is 0.00627 e. The number of hydrogen-bond acceptors (Lipinski definition) is 1. The molecule has 0 radical (unpaired) electrons. The molecule has 0 N–H and O–H groups in total. The molecule has 12 heavy (non-hydrogen) atoms. The van der Waals surface area contributed by atoms with E-state index < -0.39 is 0 Å². The summed E-state index contributed by atoms with van der Waals surface area (Å²) < 4.78 is 0. The van der Waals surface area contributed by atoms with Crippen molar-refractivity contribution in [1.29, 1.82) is 0 Å². The van der Waals surface area contributed by atoms with Crippen LogP contribution in [0, 0.1) is 17.3 Å². The Morgan fingerprint density at radius 3 is 2.75 bits per heavy atom. The van der Waals surface area contributed by atoms with Crippen molar-refractivity contribution in [2.75, 3.05) is 0 Å². The molecule has 0 aromatic rings. The SMILES string of the molecule is C=C1CC2(C)CC(=S)CC2C1C. The van der Waals surface area contributed by atoms with E-state index >= 15 is 0 Å². The van der Waals surface area contributed by atoms with Crippen LogP contribution in [-0.4, -0.2) is 4.86 Å². The van der Waals surface area contributed by atoms with E-state index in [4.69, 9.17) is 12.2 Å². The number of hydrogen-bond donors (Lipinski definition) is 0.